The molecule has 138 valence electrons. The lowest BCUT2D eigenvalue weighted by atomic mass is 10.1. The van der Waals surface area contributed by atoms with E-state index in [0.29, 0.717) is 11.3 Å². The van der Waals surface area contributed by atoms with Crippen LogP contribution in [0.15, 0.2) is 66.7 Å². The second-order valence-corrected chi connectivity index (χ2v) is 6.25. The van der Waals surface area contributed by atoms with Crippen molar-refractivity contribution >= 4 is 28.7 Å². The molecule has 0 aliphatic carbocycles. The first-order valence-electron chi connectivity index (χ1n) is 8.17. The molecule has 0 amide bonds. The molecule has 27 heavy (non-hydrogen) atoms. The fourth-order valence-electron chi connectivity index (χ4n) is 2.84. The number of benzene rings is 3. The first-order chi connectivity index (χ1) is 13.0. The highest BCUT2D eigenvalue weighted by molar-refractivity contribution is 6.30. The van der Waals surface area contributed by atoms with Gasteiger partial charge in [-0.1, -0.05) is 41.9 Å². The Morgan fingerprint density at radius 2 is 1.74 bits per heavy atom. The first-order valence-corrected chi connectivity index (χ1v) is 8.54. The molecule has 0 saturated heterocycles. The number of halogens is 3. The van der Waals surface area contributed by atoms with Gasteiger partial charge in [0, 0.05) is 12.2 Å². The molecule has 4 nitrogen and oxygen atoms in total. The second kappa shape index (κ2) is 8.14. The second-order valence-electron chi connectivity index (χ2n) is 5.84. The summed E-state index contributed by atoms with van der Waals surface area (Å²) in [5.41, 5.74) is 0.947. The van der Waals surface area contributed by atoms with Gasteiger partial charge in [0.15, 0.2) is 0 Å². The molecule has 0 fully saturated rings. The zero-order valence-corrected chi connectivity index (χ0v) is 14.9. The molecule has 0 heterocycles. The van der Waals surface area contributed by atoms with Crippen LogP contribution < -0.4 is 4.90 Å². The van der Waals surface area contributed by atoms with E-state index in [9.17, 15) is 18.9 Å². The van der Waals surface area contributed by atoms with E-state index < -0.39 is 16.6 Å². The molecule has 0 aliphatic rings. The molecule has 0 radical (unpaired) electrons. The Morgan fingerprint density at radius 1 is 1.00 bits per heavy atom. The summed E-state index contributed by atoms with van der Waals surface area (Å²) in [7, 11) is 0. The highest BCUT2D eigenvalue weighted by Gasteiger charge is 2.22. The molecule has 0 saturated carbocycles. The third-order valence-corrected chi connectivity index (χ3v) is 4.42. The van der Waals surface area contributed by atoms with Crippen LogP contribution in [0.2, 0.25) is 5.02 Å². The molecular formula is C20H15ClF2N2O2. The van der Waals surface area contributed by atoms with E-state index in [1.807, 2.05) is 6.07 Å². The largest absolute Gasteiger partial charge is 0.336 e. The quantitative estimate of drug-likeness (QED) is 0.389. The Bertz CT molecular complexity index is 967. The predicted octanol–water partition coefficient (Wildman–Crippen LogP) is 5.91. The molecule has 7 heteroatoms. The number of nitro benzene ring substituents is 1. The van der Waals surface area contributed by atoms with Gasteiger partial charge in [-0.2, -0.15) is 0 Å². The monoisotopic (exact) mass is 388 g/mol. The summed E-state index contributed by atoms with van der Waals surface area (Å²) in [5.74, 6) is -1.21. The normalized spacial score (nSPS) is 10.6. The summed E-state index contributed by atoms with van der Waals surface area (Å²) in [6.07, 6.45) is 0.260. The van der Waals surface area contributed by atoms with E-state index in [0.717, 1.165) is 12.1 Å². The van der Waals surface area contributed by atoms with Gasteiger partial charge < -0.3 is 4.90 Å². The van der Waals surface area contributed by atoms with E-state index >= 15 is 0 Å². The average molecular weight is 389 g/mol. The summed E-state index contributed by atoms with van der Waals surface area (Å²) >= 11 is 5.83. The smallest absolute Gasteiger partial charge is 0.295 e. The molecule has 3 aromatic carbocycles. The highest BCUT2D eigenvalue weighted by Crippen LogP contribution is 2.34. The van der Waals surface area contributed by atoms with Gasteiger partial charge in [-0.15, -0.1) is 0 Å². The molecule has 0 bridgehead atoms. The fourth-order valence-corrected chi connectivity index (χ4v) is 3.04. The summed E-state index contributed by atoms with van der Waals surface area (Å²) in [6.45, 7) is 0.244. The van der Waals surface area contributed by atoms with Crippen LogP contribution in [0.4, 0.5) is 25.8 Å². The third-order valence-electron chi connectivity index (χ3n) is 4.13. The minimum atomic E-state index is -0.695. The lowest BCUT2D eigenvalue weighted by Gasteiger charge is -2.25. The van der Waals surface area contributed by atoms with Gasteiger partial charge in [0.2, 0.25) is 0 Å². The average Bonchev–Trinajstić information content (AvgIpc) is 2.66. The zero-order valence-electron chi connectivity index (χ0n) is 14.1. The number of anilines is 2. The molecule has 3 rings (SSSR count). The van der Waals surface area contributed by atoms with Gasteiger partial charge >= 0.3 is 0 Å². The summed E-state index contributed by atoms with van der Waals surface area (Å²) in [5, 5.41) is 11.4. The van der Waals surface area contributed by atoms with Crippen LogP contribution in [-0.2, 0) is 6.42 Å². The number of rotatable bonds is 6. The maximum absolute atomic E-state index is 14.2. The number of nitrogens with zero attached hydrogens (tertiary/aromatic N) is 2. The minimum absolute atomic E-state index is 0.0199. The third kappa shape index (κ3) is 4.23. The van der Waals surface area contributed by atoms with Crippen LogP contribution >= 0.6 is 11.6 Å². The van der Waals surface area contributed by atoms with Crippen molar-refractivity contribution < 1.29 is 13.7 Å². The van der Waals surface area contributed by atoms with Crippen molar-refractivity contribution in [3.05, 3.63) is 99.1 Å². The van der Waals surface area contributed by atoms with E-state index in [1.165, 1.54) is 12.1 Å². The van der Waals surface area contributed by atoms with Gasteiger partial charge in [-0.05, 0) is 42.3 Å². The van der Waals surface area contributed by atoms with Gasteiger partial charge in [-0.3, -0.25) is 10.1 Å². The van der Waals surface area contributed by atoms with E-state index in [1.54, 1.807) is 41.3 Å². The number of para-hydroxylation sites is 1. The lowest BCUT2D eigenvalue weighted by molar-refractivity contribution is -0.384. The van der Waals surface area contributed by atoms with E-state index in [-0.39, 0.29) is 29.4 Å². The van der Waals surface area contributed by atoms with Crippen LogP contribution in [-0.4, -0.2) is 11.5 Å². The fraction of sp³-hybridized carbons (Fsp3) is 0.100. The van der Waals surface area contributed by atoms with Crippen LogP contribution in [0.25, 0.3) is 0 Å². The van der Waals surface area contributed by atoms with Crippen molar-refractivity contribution in [2.45, 2.75) is 6.42 Å². The van der Waals surface area contributed by atoms with E-state index in [2.05, 4.69) is 0 Å². The molecule has 3 aromatic rings. The van der Waals surface area contributed by atoms with Crippen LogP contribution in [0.5, 0.6) is 0 Å². The van der Waals surface area contributed by atoms with Crippen LogP contribution in [0.1, 0.15) is 5.56 Å². The van der Waals surface area contributed by atoms with Crippen molar-refractivity contribution in [2.24, 2.45) is 0 Å². The topological polar surface area (TPSA) is 46.4 Å². The summed E-state index contributed by atoms with van der Waals surface area (Å²) in [4.78, 5) is 12.5. The van der Waals surface area contributed by atoms with Gasteiger partial charge in [0.25, 0.3) is 5.69 Å². The van der Waals surface area contributed by atoms with Crippen molar-refractivity contribution in [2.75, 3.05) is 11.4 Å². The summed E-state index contributed by atoms with van der Waals surface area (Å²) in [6, 6.07) is 17.1. The number of hydrogen-bond acceptors (Lipinski definition) is 3. The van der Waals surface area contributed by atoms with Crippen molar-refractivity contribution in [3.8, 4) is 0 Å². The molecule has 0 atom stereocenters. The predicted molar refractivity (Wildman–Crippen MR) is 102 cm³/mol. The highest BCUT2D eigenvalue weighted by atomic mass is 35.5. The maximum Gasteiger partial charge on any atom is 0.295 e. The lowest BCUT2D eigenvalue weighted by Crippen LogP contribution is -2.21. The van der Waals surface area contributed by atoms with Crippen LogP contribution in [0.3, 0.4) is 0 Å². The van der Waals surface area contributed by atoms with Gasteiger partial charge in [0.1, 0.15) is 17.3 Å². The Morgan fingerprint density at radius 3 is 2.44 bits per heavy atom. The Kier molecular flexibility index (Phi) is 5.66. The van der Waals surface area contributed by atoms with Gasteiger partial charge in [0.05, 0.1) is 16.0 Å². The maximum atomic E-state index is 14.2. The van der Waals surface area contributed by atoms with Crippen molar-refractivity contribution in [3.63, 3.8) is 0 Å². The Hall–Kier alpha value is -2.99. The first kappa shape index (κ1) is 18.8. The molecule has 0 spiro atoms. The van der Waals surface area contributed by atoms with Crippen molar-refractivity contribution in [1.29, 1.82) is 0 Å². The Labute approximate surface area is 159 Å². The van der Waals surface area contributed by atoms with Gasteiger partial charge in [-0.25, -0.2) is 8.78 Å². The number of nitro groups is 1. The minimum Gasteiger partial charge on any atom is -0.336 e. The number of hydrogen-bond donors (Lipinski definition) is 0. The van der Waals surface area contributed by atoms with Crippen LogP contribution in [0, 0.1) is 21.7 Å². The standard InChI is InChI=1S/C20H15ClF2N2O2/c21-17-8-4-5-14(20(17)23)11-12-24(16-6-2-1-3-7-16)18-10-9-15(22)13-19(18)25(26)27/h1-10,13H,11-12H2. The molecule has 0 aliphatic heterocycles. The Balaban J connectivity index is 2.01. The molecule has 0 N–H and O–H groups in total. The molecule has 0 aromatic heterocycles. The van der Waals surface area contributed by atoms with E-state index in [4.69, 9.17) is 11.6 Å². The zero-order chi connectivity index (χ0) is 19.4. The van der Waals surface area contributed by atoms with Crippen molar-refractivity contribution in [1.82, 2.24) is 0 Å². The summed E-state index contributed by atoms with van der Waals surface area (Å²) < 4.78 is 27.7. The molecule has 0 unspecified atom stereocenters. The SMILES string of the molecule is O=[N+]([O-])c1cc(F)ccc1N(CCc1cccc(Cl)c1F)c1ccccc1. The molecular weight excluding hydrogens is 374 g/mol.